The Bertz CT molecular complexity index is 1010. The summed E-state index contributed by atoms with van der Waals surface area (Å²) in [6.45, 7) is -0.344. The molecule has 0 saturated carbocycles. The molecule has 0 radical (unpaired) electrons. The summed E-state index contributed by atoms with van der Waals surface area (Å²) >= 11 is 9.97. The van der Waals surface area contributed by atoms with Crippen LogP contribution in [0.4, 0.5) is 4.79 Å². The molecule has 2 amide bonds. The zero-order valence-electron chi connectivity index (χ0n) is 14.4. The summed E-state index contributed by atoms with van der Waals surface area (Å²) in [6, 6.07) is 9.59. The summed E-state index contributed by atoms with van der Waals surface area (Å²) in [4.78, 5) is 38.3. The molecular formula is C19H13BrClNO5S. The van der Waals surface area contributed by atoms with E-state index in [0.29, 0.717) is 11.1 Å². The predicted octanol–water partition coefficient (Wildman–Crippen LogP) is 4.74. The molecule has 9 heteroatoms. The van der Waals surface area contributed by atoms with E-state index < -0.39 is 11.1 Å². The van der Waals surface area contributed by atoms with E-state index in [4.69, 9.17) is 16.3 Å². The van der Waals surface area contributed by atoms with E-state index in [2.05, 4.69) is 15.9 Å². The van der Waals surface area contributed by atoms with Crippen LogP contribution < -0.4 is 4.74 Å². The number of ketones is 1. The first kappa shape index (κ1) is 20.4. The van der Waals surface area contributed by atoms with Crippen LogP contribution in [-0.2, 0) is 4.79 Å². The third-order valence-electron chi connectivity index (χ3n) is 3.91. The standard InChI is InChI=1S/C19H13BrClNO5S/c1-27-15-7-10(6-13(21)17(15)24)8-16-18(25)22(19(26)28-16)9-14(23)11-2-4-12(20)5-3-11/h2-8,24H,9H2,1H3/b16-8-. The average Bonchev–Trinajstić information content (AvgIpc) is 2.92. The molecule has 1 aliphatic rings. The molecule has 0 atom stereocenters. The summed E-state index contributed by atoms with van der Waals surface area (Å²) in [5.41, 5.74) is 0.880. The minimum absolute atomic E-state index is 0.0512. The number of carbonyl (C=O) groups is 3. The highest BCUT2D eigenvalue weighted by Crippen LogP contribution is 2.38. The van der Waals surface area contributed by atoms with Crippen LogP contribution in [0.5, 0.6) is 11.5 Å². The number of hydrogen-bond acceptors (Lipinski definition) is 6. The fourth-order valence-corrected chi connectivity index (χ4v) is 3.81. The van der Waals surface area contributed by atoms with Gasteiger partial charge in [0.2, 0.25) is 0 Å². The second-order valence-corrected chi connectivity index (χ2v) is 8.07. The van der Waals surface area contributed by atoms with Gasteiger partial charge in [-0.2, -0.15) is 0 Å². The first-order valence-electron chi connectivity index (χ1n) is 7.90. The second kappa shape index (κ2) is 8.38. The van der Waals surface area contributed by atoms with Gasteiger partial charge in [-0.3, -0.25) is 19.3 Å². The van der Waals surface area contributed by atoms with E-state index >= 15 is 0 Å². The highest BCUT2D eigenvalue weighted by molar-refractivity contribution is 9.10. The topological polar surface area (TPSA) is 83.9 Å². The molecule has 0 unspecified atom stereocenters. The Balaban J connectivity index is 1.81. The number of methoxy groups -OCH3 is 1. The number of nitrogens with zero attached hydrogens (tertiary/aromatic N) is 1. The number of Topliss-reactive ketones (excluding diaryl/α,β-unsaturated/α-hetero) is 1. The Hall–Kier alpha value is -2.29. The number of phenols is 1. The molecule has 1 heterocycles. The van der Waals surface area contributed by atoms with E-state index in [1.807, 2.05) is 0 Å². The van der Waals surface area contributed by atoms with E-state index in [1.54, 1.807) is 24.3 Å². The zero-order valence-corrected chi connectivity index (χ0v) is 17.6. The van der Waals surface area contributed by atoms with Crippen molar-refractivity contribution in [3.05, 3.63) is 61.9 Å². The van der Waals surface area contributed by atoms with Crippen LogP contribution in [0.25, 0.3) is 6.08 Å². The lowest BCUT2D eigenvalue weighted by Crippen LogP contribution is -2.33. The number of amides is 2. The van der Waals surface area contributed by atoms with E-state index in [-0.39, 0.29) is 33.8 Å². The first-order chi connectivity index (χ1) is 13.3. The Morgan fingerprint density at radius 2 is 1.96 bits per heavy atom. The Labute approximate surface area is 178 Å². The van der Waals surface area contributed by atoms with Crippen LogP contribution in [0.1, 0.15) is 15.9 Å². The lowest BCUT2D eigenvalue weighted by Gasteiger charge is -2.11. The van der Waals surface area contributed by atoms with Crippen LogP contribution in [0, 0.1) is 0 Å². The molecule has 3 rings (SSSR count). The molecule has 1 saturated heterocycles. The predicted molar refractivity (Wildman–Crippen MR) is 111 cm³/mol. The fraction of sp³-hybridized carbons (Fsp3) is 0.105. The summed E-state index contributed by atoms with van der Waals surface area (Å²) in [5.74, 6) is -0.980. The number of thioether (sulfide) groups is 1. The van der Waals surface area contributed by atoms with Gasteiger partial charge in [-0.15, -0.1) is 0 Å². The molecule has 1 aliphatic heterocycles. The van der Waals surface area contributed by atoms with Crippen LogP contribution in [-0.4, -0.2) is 40.6 Å². The Morgan fingerprint density at radius 1 is 1.29 bits per heavy atom. The van der Waals surface area contributed by atoms with Gasteiger partial charge in [0.15, 0.2) is 17.3 Å². The monoisotopic (exact) mass is 481 g/mol. The normalized spacial score (nSPS) is 15.4. The number of hydrogen-bond donors (Lipinski definition) is 1. The quantitative estimate of drug-likeness (QED) is 0.490. The number of rotatable bonds is 5. The third-order valence-corrected chi connectivity index (χ3v) is 5.63. The minimum Gasteiger partial charge on any atom is -0.503 e. The first-order valence-corrected chi connectivity index (χ1v) is 9.89. The number of carbonyl (C=O) groups excluding carboxylic acids is 3. The highest BCUT2D eigenvalue weighted by Gasteiger charge is 2.36. The zero-order chi connectivity index (χ0) is 20.4. The summed E-state index contributed by atoms with van der Waals surface area (Å²) in [7, 11) is 1.37. The highest BCUT2D eigenvalue weighted by atomic mass is 79.9. The van der Waals surface area contributed by atoms with Crippen molar-refractivity contribution in [1.82, 2.24) is 4.90 Å². The van der Waals surface area contributed by atoms with E-state index in [9.17, 15) is 19.5 Å². The molecule has 0 aromatic heterocycles. The molecule has 28 heavy (non-hydrogen) atoms. The van der Waals surface area contributed by atoms with Gasteiger partial charge in [-0.25, -0.2) is 0 Å². The van der Waals surface area contributed by atoms with Gasteiger partial charge in [0.05, 0.1) is 23.6 Å². The largest absolute Gasteiger partial charge is 0.503 e. The van der Waals surface area contributed by atoms with Gasteiger partial charge in [-0.05, 0) is 47.7 Å². The molecule has 2 aromatic carbocycles. The number of halogens is 2. The maximum atomic E-state index is 12.6. The van der Waals surface area contributed by atoms with Crippen molar-refractivity contribution in [3.63, 3.8) is 0 Å². The fourth-order valence-electron chi connectivity index (χ4n) is 2.49. The van der Waals surface area contributed by atoms with Crippen LogP contribution in [0.15, 0.2) is 45.8 Å². The van der Waals surface area contributed by atoms with Crippen molar-refractivity contribution in [2.75, 3.05) is 13.7 Å². The van der Waals surface area contributed by atoms with E-state index in [0.717, 1.165) is 21.1 Å². The van der Waals surface area contributed by atoms with Crippen molar-refractivity contribution < 1.29 is 24.2 Å². The molecule has 0 spiro atoms. The molecular weight excluding hydrogens is 470 g/mol. The molecule has 2 aromatic rings. The van der Waals surface area contributed by atoms with Crippen molar-refractivity contribution in [2.45, 2.75) is 0 Å². The number of aromatic hydroxyl groups is 1. The number of ether oxygens (including phenoxy) is 1. The maximum absolute atomic E-state index is 12.6. The average molecular weight is 483 g/mol. The van der Waals surface area contributed by atoms with Gasteiger partial charge >= 0.3 is 0 Å². The number of benzene rings is 2. The Morgan fingerprint density at radius 3 is 2.61 bits per heavy atom. The maximum Gasteiger partial charge on any atom is 0.293 e. The minimum atomic E-state index is -0.566. The summed E-state index contributed by atoms with van der Waals surface area (Å²) in [6.07, 6.45) is 1.46. The molecule has 144 valence electrons. The Kier molecular flexibility index (Phi) is 6.12. The van der Waals surface area contributed by atoms with Gasteiger partial charge in [0.25, 0.3) is 11.1 Å². The van der Waals surface area contributed by atoms with Crippen molar-refractivity contribution >= 4 is 62.3 Å². The molecule has 0 aliphatic carbocycles. The third kappa shape index (κ3) is 4.24. The molecule has 6 nitrogen and oxygen atoms in total. The van der Waals surface area contributed by atoms with Crippen molar-refractivity contribution in [2.24, 2.45) is 0 Å². The molecule has 1 N–H and O–H groups in total. The lowest BCUT2D eigenvalue weighted by molar-refractivity contribution is -0.122. The van der Waals surface area contributed by atoms with Gasteiger partial charge < -0.3 is 9.84 Å². The summed E-state index contributed by atoms with van der Waals surface area (Å²) < 4.78 is 5.85. The van der Waals surface area contributed by atoms with Crippen LogP contribution >= 0.6 is 39.3 Å². The molecule has 1 fully saturated rings. The SMILES string of the molecule is COc1cc(/C=C2\SC(=O)N(CC(=O)c3ccc(Br)cc3)C2=O)cc(Cl)c1O. The molecule has 0 bridgehead atoms. The van der Waals surface area contributed by atoms with Gasteiger partial charge in [-0.1, -0.05) is 39.7 Å². The van der Waals surface area contributed by atoms with Crippen LogP contribution in [0.3, 0.4) is 0 Å². The van der Waals surface area contributed by atoms with Crippen molar-refractivity contribution in [3.8, 4) is 11.5 Å². The number of phenolic OH excluding ortho intramolecular Hbond substituents is 1. The number of imide groups is 1. The smallest absolute Gasteiger partial charge is 0.293 e. The van der Waals surface area contributed by atoms with Crippen molar-refractivity contribution in [1.29, 1.82) is 0 Å². The lowest BCUT2D eigenvalue weighted by atomic mass is 10.1. The van der Waals surface area contributed by atoms with Crippen LogP contribution in [0.2, 0.25) is 5.02 Å². The van der Waals surface area contributed by atoms with Gasteiger partial charge in [0, 0.05) is 10.0 Å². The van der Waals surface area contributed by atoms with E-state index in [1.165, 1.54) is 25.3 Å². The summed E-state index contributed by atoms with van der Waals surface area (Å²) in [5, 5.41) is 9.31. The van der Waals surface area contributed by atoms with Gasteiger partial charge in [0.1, 0.15) is 0 Å². The second-order valence-electron chi connectivity index (χ2n) is 5.75.